The Kier molecular flexibility index (Phi) is 1.90. The predicted octanol–water partition coefficient (Wildman–Crippen LogP) is 0.886. The third kappa shape index (κ3) is 1.62. The Morgan fingerprint density at radius 2 is 2.15 bits per heavy atom. The molecular formula is C7H7N5S. The van der Waals surface area contributed by atoms with Gasteiger partial charge in [-0.1, -0.05) is 0 Å². The zero-order valence-corrected chi connectivity index (χ0v) is 7.75. The van der Waals surface area contributed by atoms with Gasteiger partial charge in [-0.05, 0) is 6.92 Å². The van der Waals surface area contributed by atoms with Crippen molar-refractivity contribution < 1.29 is 0 Å². The number of nitrogens with zero attached hydrogens (tertiary/aromatic N) is 4. The standard InChI is InChI=1S/C7H7N5S/c1-4-10-6(12-7(8)11-4)5-2-9-3-13-5/h2-3H,1H3,(H2,8,10,11,12). The second-order valence-corrected chi connectivity index (χ2v) is 3.32. The van der Waals surface area contributed by atoms with Gasteiger partial charge in [0.15, 0.2) is 5.82 Å². The molecule has 0 saturated carbocycles. The number of rotatable bonds is 1. The first kappa shape index (κ1) is 8.06. The molecule has 0 aromatic carbocycles. The van der Waals surface area contributed by atoms with E-state index in [0.29, 0.717) is 11.6 Å². The highest BCUT2D eigenvalue weighted by Gasteiger charge is 2.04. The fourth-order valence-corrected chi connectivity index (χ4v) is 1.49. The highest BCUT2D eigenvalue weighted by molar-refractivity contribution is 7.13. The van der Waals surface area contributed by atoms with Gasteiger partial charge in [-0.3, -0.25) is 4.98 Å². The molecule has 2 rings (SSSR count). The van der Waals surface area contributed by atoms with Gasteiger partial charge in [-0.2, -0.15) is 9.97 Å². The van der Waals surface area contributed by atoms with Crippen LogP contribution in [-0.4, -0.2) is 19.9 Å². The van der Waals surface area contributed by atoms with Crippen LogP contribution >= 0.6 is 11.3 Å². The van der Waals surface area contributed by atoms with Crippen molar-refractivity contribution in [3.05, 3.63) is 17.5 Å². The third-order valence-corrected chi connectivity index (χ3v) is 2.19. The lowest BCUT2D eigenvalue weighted by atomic mass is 10.5. The molecule has 2 heterocycles. The van der Waals surface area contributed by atoms with Crippen molar-refractivity contribution >= 4 is 17.3 Å². The van der Waals surface area contributed by atoms with E-state index in [-0.39, 0.29) is 5.95 Å². The summed E-state index contributed by atoms with van der Waals surface area (Å²) in [6.07, 6.45) is 1.71. The third-order valence-electron chi connectivity index (χ3n) is 1.42. The van der Waals surface area contributed by atoms with Gasteiger partial charge in [0.05, 0.1) is 10.4 Å². The summed E-state index contributed by atoms with van der Waals surface area (Å²) >= 11 is 1.47. The molecule has 2 aromatic heterocycles. The summed E-state index contributed by atoms with van der Waals surface area (Å²) in [7, 11) is 0. The smallest absolute Gasteiger partial charge is 0.223 e. The fourth-order valence-electron chi connectivity index (χ4n) is 0.939. The van der Waals surface area contributed by atoms with Gasteiger partial charge in [0.1, 0.15) is 5.82 Å². The molecule has 6 heteroatoms. The van der Waals surface area contributed by atoms with E-state index >= 15 is 0 Å². The zero-order chi connectivity index (χ0) is 9.26. The summed E-state index contributed by atoms with van der Waals surface area (Å²) < 4.78 is 0. The van der Waals surface area contributed by atoms with Crippen molar-refractivity contribution in [3.63, 3.8) is 0 Å². The summed E-state index contributed by atoms with van der Waals surface area (Å²) in [4.78, 5) is 16.9. The molecule has 0 spiro atoms. The lowest BCUT2D eigenvalue weighted by Gasteiger charge is -1.97. The lowest BCUT2D eigenvalue weighted by Crippen LogP contribution is -2.01. The molecule has 2 aromatic rings. The first-order valence-electron chi connectivity index (χ1n) is 3.63. The maximum Gasteiger partial charge on any atom is 0.223 e. The van der Waals surface area contributed by atoms with E-state index in [1.54, 1.807) is 18.6 Å². The lowest BCUT2D eigenvalue weighted by molar-refractivity contribution is 0.999. The maximum atomic E-state index is 5.49. The Morgan fingerprint density at radius 1 is 1.31 bits per heavy atom. The van der Waals surface area contributed by atoms with Crippen LogP contribution in [0.5, 0.6) is 0 Å². The number of thiazole rings is 1. The van der Waals surface area contributed by atoms with Crippen molar-refractivity contribution in [3.8, 4) is 10.7 Å². The van der Waals surface area contributed by atoms with E-state index < -0.39 is 0 Å². The number of aromatic nitrogens is 4. The number of nitrogens with two attached hydrogens (primary N) is 1. The molecule has 0 atom stereocenters. The largest absolute Gasteiger partial charge is 0.368 e. The summed E-state index contributed by atoms with van der Waals surface area (Å²) in [6, 6.07) is 0. The van der Waals surface area contributed by atoms with E-state index in [4.69, 9.17) is 5.73 Å². The van der Waals surface area contributed by atoms with E-state index in [2.05, 4.69) is 19.9 Å². The van der Waals surface area contributed by atoms with Gasteiger partial charge < -0.3 is 5.73 Å². The summed E-state index contributed by atoms with van der Waals surface area (Å²) in [5, 5.41) is 0. The molecular weight excluding hydrogens is 186 g/mol. The van der Waals surface area contributed by atoms with E-state index in [9.17, 15) is 0 Å². The SMILES string of the molecule is Cc1nc(N)nc(-c2cncs2)n1. The molecule has 0 unspecified atom stereocenters. The van der Waals surface area contributed by atoms with Gasteiger partial charge in [-0.15, -0.1) is 11.3 Å². The Hall–Kier alpha value is -1.56. The summed E-state index contributed by atoms with van der Waals surface area (Å²) in [6.45, 7) is 1.78. The number of aryl methyl sites for hydroxylation is 1. The monoisotopic (exact) mass is 193 g/mol. The number of nitrogen functional groups attached to an aromatic ring is 1. The summed E-state index contributed by atoms with van der Waals surface area (Å²) in [5.41, 5.74) is 7.21. The molecule has 0 amide bonds. The van der Waals surface area contributed by atoms with Gasteiger partial charge >= 0.3 is 0 Å². The highest BCUT2D eigenvalue weighted by Crippen LogP contribution is 2.18. The Labute approximate surface area is 78.7 Å². The zero-order valence-electron chi connectivity index (χ0n) is 6.93. The molecule has 0 fully saturated rings. The Balaban J connectivity index is 2.53. The molecule has 13 heavy (non-hydrogen) atoms. The van der Waals surface area contributed by atoms with Gasteiger partial charge in [-0.25, -0.2) is 4.98 Å². The van der Waals surface area contributed by atoms with Crippen molar-refractivity contribution in [2.45, 2.75) is 6.92 Å². The number of anilines is 1. The second kappa shape index (κ2) is 3.06. The first-order valence-corrected chi connectivity index (χ1v) is 4.50. The molecule has 0 bridgehead atoms. The van der Waals surface area contributed by atoms with E-state index in [1.807, 2.05) is 0 Å². The second-order valence-electron chi connectivity index (χ2n) is 2.43. The van der Waals surface area contributed by atoms with Gasteiger partial charge in [0.2, 0.25) is 5.95 Å². The minimum Gasteiger partial charge on any atom is -0.368 e. The van der Waals surface area contributed by atoms with Crippen LogP contribution in [0, 0.1) is 6.92 Å². The van der Waals surface area contributed by atoms with Crippen LogP contribution in [0.4, 0.5) is 5.95 Å². The molecule has 0 radical (unpaired) electrons. The van der Waals surface area contributed by atoms with Crippen LogP contribution in [-0.2, 0) is 0 Å². The number of hydrogen-bond donors (Lipinski definition) is 1. The maximum absolute atomic E-state index is 5.49. The highest BCUT2D eigenvalue weighted by atomic mass is 32.1. The predicted molar refractivity (Wildman–Crippen MR) is 50.1 cm³/mol. The fraction of sp³-hybridized carbons (Fsp3) is 0.143. The van der Waals surface area contributed by atoms with Crippen LogP contribution in [0.25, 0.3) is 10.7 Å². The van der Waals surface area contributed by atoms with Crippen molar-refractivity contribution in [2.24, 2.45) is 0 Å². The van der Waals surface area contributed by atoms with E-state index in [0.717, 1.165) is 4.88 Å². The van der Waals surface area contributed by atoms with Crippen molar-refractivity contribution in [2.75, 3.05) is 5.73 Å². The quantitative estimate of drug-likeness (QED) is 0.727. The first-order chi connectivity index (χ1) is 6.25. The molecule has 0 aliphatic rings. The van der Waals surface area contributed by atoms with Crippen LogP contribution in [0.15, 0.2) is 11.7 Å². The average molecular weight is 193 g/mol. The van der Waals surface area contributed by atoms with Crippen LogP contribution in [0.2, 0.25) is 0 Å². The van der Waals surface area contributed by atoms with E-state index in [1.165, 1.54) is 11.3 Å². The average Bonchev–Trinajstić information content (AvgIpc) is 2.53. The minimum absolute atomic E-state index is 0.246. The number of hydrogen-bond acceptors (Lipinski definition) is 6. The minimum atomic E-state index is 0.246. The normalized spacial score (nSPS) is 10.2. The molecule has 0 saturated heterocycles. The van der Waals surface area contributed by atoms with Gasteiger partial charge in [0, 0.05) is 6.20 Å². The molecule has 66 valence electrons. The summed E-state index contributed by atoms with van der Waals surface area (Å²) in [5.74, 6) is 1.46. The Morgan fingerprint density at radius 3 is 2.77 bits per heavy atom. The van der Waals surface area contributed by atoms with Crippen LogP contribution in [0.1, 0.15) is 5.82 Å². The van der Waals surface area contributed by atoms with Crippen LogP contribution in [0.3, 0.4) is 0 Å². The Bertz CT molecular complexity index is 391. The molecule has 0 aliphatic carbocycles. The molecule has 5 nitrogen and oxygen atoms in total. The molecule has 0 aliphatic heterocycles. The van der Waals surface area contributed by atoms with Gasteiger partial charge in [0.25, 0.3) is 0 Å². The van der Waals surface area contributed by atoms with Crippen molar-refractivity contribution in [1.29, 1.82) is 0 Å². The molecule has 2 N–H and O–H groups in total. The topological polar surface area (TPSA) is 77.6 Å². The van der Waals surface area contributed by atoms with Crippen LogP contribution < -0.4 is 5.73 Å². The van der Waals surface area contributed by atoms with Crippen molar-refractivity contribution in [1.82, 2.24) is 19.9 Å².